The van der Waals surface area contributed by atoms with Gasteiger partial charge in [0.05, 0.1) is 19.0 Å². The van der Waals surface area contributed by atoms with Crippen molar-refractivity contribution >= 4 is 18.3 Å². The van der Waals surface area contributed by atoms with Crippen molar-refractivity contribution in [2.45, 2.75) is 19.0 Å². The summed E-state index contributed by atoms with van der Waals surface area (Å²) >= 11 is 0. The second kappa shape index (κ2) is 8.77. The number of piperazine rings is 1. The fourth-order valence-electron chi connectivity index (χ4n) is 2.59. The number of amides is 1. The van der Waals surface area contributed by atoms with E-state index in [2.05, 4.69) is 25.7 Å². The lowest BCUT2D eigenvalue weighted by atomic mass is 10.1. The molecule has 1 aliphatic heterocycles. The van der Waals surface area contributed by atoms with Crippen molar-refractivity contribution in [3.05, 3.63) is 47.6 Å². The summed E-state index contributed by atoms with van der Waals surface area (Å²) in [7, 11) is 2.04. The SMILES string of the molecule is CN1CCNCC1c1noc(CNC(=O)Cc2ccccc2)n1.Cl. The van der Waals surface area contributed by atoms with Crippen LogP contribution in [0.4, 0.5) is 0 Å². The predicted octanol–water partition coefficient (Wildman–Crippen LogP) is 0.926. The van der Waals surface area contributed by atoms with E-state index in [9.17, 15) is 4.79 Å². The first-order chi connectivity index (χ1) is 11.2. The van der Waals surface area contributed by atoms with Gasteiger partial charge in [-0.1, -0.05) is 35.5 Å². The second-order valence-electron chi connectivity index (χ2n) is 5.69. The number of rotatable bonds is 5. The summed E-state index contributed by atoms with van der Waals surface area (Å²) in [6.45, 7) is 2.97. The van der Waals surface area contributed by atoms with Crippen LogP contribution in [-0.4, -0.2) is 47.6 Å². The molecular weight excluding hydrogens is 330 g/mol. The number of nitrogens with one attached hydrogen (secondary N) is 2. The Bertz CT molecular complexity index is 649. The minimum absolute atomic E-state index is 0. The van der Waals surface area contributed by atoms with Gasteiger partial charge in [0.1, 0.15) is 0 Å². The molecule has 0 saturated carbocycles. The molecule has 24 heavy (non-hydrogen) atoms. The van der Waals surface area contributed by atoms with Gasteiger partial charge in [-0.3, -0.25) is 9.69 Å². The maximum Gasteiger partial charge on any atom is 0.246 e. The van der Waals surface area contributed by atoms with E-state index < -0.39 is 0 Å². The zero-order valence-corrected chi connectivity index (χ0v) is 14.4. The van der Waals surface area contributed by atoms with Crippen LogP contribution in [0.1, 0.15) is 23.3 Å². The number of hydrogen-bond donors (Lipinski definition) is 2. The Morgan fingerprint density at radius 2 is 2.21 bits per heavy atom. The second-order valence-corrected chi connectivity index (χ2v) is 5.69. The van der Waals surface area contributed by atoms with Gasteiger partial charge in [0, 0.05) is 19.6 Å². The van der Waals surface area contributed by atoms with Crippen molar-refractivity contribution in [3.8, 4) is 0 Å². The summed E-state index contributed by atoms with van der Waals surface area (Å²) in [5, 5.41) is 10.2. The van der Waals surface area contributed by atoms with Crippen LogP contribution in [0.15, 0.2) is 34.9 Å². The average Bonchev–Trinajstić information content (AvgIpc) is 3.03. The summed E-state index contributed by atoms with van der Waals surface area (Å²) in [5.74, 6) is 1.03. The van der Waals surface area contributed by atoms with Gasteiger partial charge in [0.25, 0.3) is 0 Å². The van der Waals surface area contributed by atoms with Crippen molar-refractivity contribution in [1.82, 2.24) is 25.7 Å². The van der Waals surface area contributed by atoms with Gasteiger partial charge in [-0.2, -0.15) is 4.98 Å². The first-order valence-electron chi connectivity index (χ1n) is 7.76. The topological polar surface area (TPSA) is 83.3 Å². The third-order valence-corrected chi connectivity index (χ3v) is 3.94. The third kappa shape index (κ3) is 4.77. The van der Waals surface area contributed by atoms with E-state index in [4.69, 9.17) is 4.52 Å². The first kappa shape index (κ1) is 18.4. The zero-order valence-electron chi connectivity index (χ0n) is 13.6. The quantitative estimate of drug-likeness (QED) is 0.833. The Morgan fingerprint density at radius 1 is 1.42 bits per heavy atom. The Labute approximate surface area is 147 Å². The molecule has 1 aromatic heterocycles. The van der Waals surface area contributed by atoms with E-state index in [0.29, 0.717) is 18.1 Å². The molecule has 1 atom stereocenters. The molecule has 1 aromatic carbocycles. The van der Waals surface area contributed by atoms with Gasteiger partial charge in [-0.05, 0) is 12.6 Å². The smallest absolute Gasteiger partial charge is 0.246 e. The highest BCUT2D eigenvalue weighted by molar-refractivity contribution is 5.85. The first-order valence-corrected chi connectivity index (χ1v) is 7.76. The summed E-state index contributed by atoms with van der Waals surface area (Å²) in [5.41, 5.74) is 0.978. The number of benzene rings is 1. The van der Waals surface area contributed by atoms with Gasteiger partial charge in [0.15, 0.2) is 5.82 Å². The lowest BCUT2D eigenvalue weighted by Gasteiger charge is -2.30. The molecule has 2 aromatic rings. The molecule has 1 fully saturated rings. The van der Waals surface area contributed by atoms with Crippen LogP contribution in [0.5, 0.6) is 0 Å². The zero-order chi connectivity index (χ0) is 16.1. The number of nitrogens with zero attached hydrogens (tertiary/aromatic N) is 3. The Morgan fingerprint density at radius 3 is 2.96 bits per heavy atom. The molecule has 2 heterocycles. The molecule has 1 amide bonds. The number of carbonyl (C=O) groups excluding carboxylic acids is 1. The van der Waals surface area contributed by atoms with Crippen LogP contribution in [0.3, 0.4) is 0 Å². The number of hydrogen-bond acceptors (Lipinski definition) is 6. The standard InChI is InChI=1S/C16H21N5O2.ClH/c1-21-8-7-17-10-13(21)16-19-15(23-20-16)11-18-14(22)9-12-5-3-2-4-6-12;/h2-6,13,17H,7-11H2,1H3,(H,18,22);1H. The number of halogens is 1. The van der Waals surface area contributed by atoms with Gasteiger partial charge >= 0.3 is 0 Å². The lowest BCUT2D eigenvalue weighted by Crippen LogP contribution is -2.44. The van der Waals surface area contributed by atoms with Crippen LogP contribution < -0.4 is 10.6 Å². The van der Waals surface area contributed by atoms with Gasteiger partial charge < -0.3 is 15.2 Å². The maximum atomic E-state index is 11.9. The van der Waals surface area contributed by atoms with E-state index in [-0.39, 0.29) is 30.9 Å². The minimum Gasteiger partial charge on any atom is -0.347 e. The summed E-state index contributed by atoms with van der Waals surface area (Å²) in [6.07, 6.45) is 0.344. The van der Waals surface area contributed by atoms with E-state index in [1.165, 1.54) is 0 Å². The fourth-order valence-corrected chi connectivity index (χ4v) is 2.59. The van der Waals surface area contributed by atoms with Gasteiger partial charge in [0.2, 0.25) is 11.8 Å². The maximum absolute atomic E-state index is 11.9. The Balaban J connectivity index is 0.00000208. The monoisotopic (exact) mass is 351 g/mol. The highest BCUT2D eigenvalue weighted by Crippen LogP contribution is 2.17. The molecule has 1 unspecified atom stereocenters. The normalized spacial score (nSPS) is 18.0. The van der Waals surface area contributed by atoms with E-state index in [1.807, 2.05) is 37.4 Å². The van der Waals surface area contributed by atoms with Gasteiger partial charge in [-0.15, -0.1) is 12.4 Å². The predicted molar refractivity (Wildman–Crippen MR) is 91.8 cm³/mol. The molecule has 0 aliphatic carbocycles. The van der Waals surface area contributed by atoms with Crippen molar-refractivity contribution < 1.29 is 9.32 Å². The number of carbonyl (C=O) groups is 1. The summed E-state index contributed by atoms with van der Waals surface area (Å²) < 4.78 is 5.24. The van der Waals surface area contributed by atoms with Crippen LogP contribution in [0.25, 0.3) is 0 Å². The highest BCUT2D eigenvalue weighted by Gasteiger charge is 2.25. The van der Waals surface area contributed by atoms with E-state index >= 15 is 0 Å². The molecule has 1 aliphatic rings. The van der Waals surface area contributed by atoms with Crippen molar-refractivity contribution in [1.29, 1.82) is 0 Å². The Kier molecular flexibility index (Phi) is 6.72. The number of aromatic nitrogens is 2. The van der Waals surface area contributed by atoms with E-state index in [0.717, 1.165) is 25.2 Å². The molecule has 0 spiro atoms. The minimum atomic E-state index is -0.0626. The molecular formula is C16H22ClN5O2. The Hall–Kier alpha value is -1.96. The van der Waals surface area contributed by atoms with Crippen molar-refractivity contribution in [2.24, 2.45) is 0 Å². The van der Waals surface area contributed by atoms with Crippen LogP contribution >= 0.6 is 12.4 Å². The van der Waals surface area contributed by atoms with Crippen molar-refractivity contribution in [2.75, 3.05) is 26.7 Å². The lowest BCUT2D eigenvalue weighted by molar-refractivity contribution is -0.120. The highest BCUT2D eigenvalue weighted by atomic mass is 35.5. The van der Waals surface area contributed by atoms with Crippen LogP contribution in [-0.2, 0) is 17.8 Å². The molecule has 1 saturated heterocycles. The third-order valence-electron chi connectivity index (χ3n) is 3.94. The molecule has 7 nitrogen and oxygen atoms in total. The number of likely N-dealkylation sites (N-methyl/N-ethyl adjacent to an activating group) is 1. The van der Waals surface area contributed by atoms with E-state index in [1.54, 1.807) is 0 Å². The van der Waals surface area contributed by atoms with Crippen molar-refractivity contribution in [3.63, 3.8) is 0 Å². The van der Waals surface area contributed by atoms with Gasteiger partial charge in [-0.25, -0.2) is 0 Å². The largest absolute Gasteiger partial charge is 0.347 e. The molecule has 2 N–H and O–H groups in total. The summed E-state index contributed by atoms with van der Waals surface area (Å²) in [6, 6.07) is 9.73. The molecule has 8 heteroatoms. The van der Waals surface area contributed by atoms with Crippen LogP contribution in [0, 0.1) is 0 Å². The molecule has 0 radical (unpaired) electrons. The average molecular weight is 352 g/mol. The molecule has 130 valence electrons. The molecule has 0 bridgehead atoms. The fraction of sp³-hybridized carbons (Fsp3) is 0.438. The molecule has 3 rings (SSSR count). The summed E-state index contributed by atoms with van der Waals surface area (Å²) in [4.78, 5) is 18.5. The van der Waals surface area contributed by atoms with Crippen LogP contribution in [0.2, 0.25) is 0 Å².